The fourth-order valence-corrected chi connectivity index (χ4v) is 20.9. The zero-order valence-corrected chi connectivity index (χ0v) is 22.9. The second-order valence-electron chi connectivity index (χ2n) is 9.07. The first-order chi connectivity index (χ1) is 15.2. The molecule has 2 aromatic rings. The number of aliphatic imine (C=N–C) groups is 1. The molecule has 0 fully saturated rings. The van der Waals surface area contributed by atoms with Crippen molar-refractivity contribution in [3.05, 3.63) is 71.3 Å². The standard InChI is InChI=1S/C16H16NO.3C4H9.Sn/c1-13-7-5-6-10-15(13)11-17-16(12-18)14-8-3-2-4-9-14;3*1-3-4-2;/h2-11,16,18H,1,12H2;3*1,3-4H2,2H3;/t16-;;;;/m1..../s1. The van der Waals surface area contributed by atoms with E-state index >= 15 is 0 Å². The van der Waals surface area contributed by atoms with Gasteiger partial charge in [-0.2, -0.15) is 0 Å². The van der Waals surface area contributed by atoms with Gasteiger partial charge in [0.1, 0.15) is 0 Å². The van der Waals surface area contributed by atoms with E-state index in [2.05, 4.69) is 45.0 Å². The first-order valence-corrected chi connectivity index (χ1v) is 20.5. The summed E-state index contributed by atoms with van der Waals surface area (Å²) in [5, 5.41) is 9.90. The van der Waals surface area contributed by atoms with Crippen LogP contribution in [-0.2, 0) is 4.44 Å². The summed E-state index contributed by atoms with van der Waals surface area (Å²) in [5.41, 5.74) is 3.82. The molecule has 0 unspecified atom stereocenters. The molecule has 1 N–H and O–H groups in total. The molecule has 0 spiro atoms. The maximum absolute atomic E-state index is 9.90. The van der Waals surface area contributed by atoms with E-state index in [1.165, 1.54) is 67.4 Å². The Morgan fingerprint density at radius 1 is 0.806 bits per heavy atom. The van der Waals surface area contributed by atoms with Crippen molar-refractivity contribution < 1.29 is 5.11 Å². The minimum absolute atomic E-state index is 0.0371. The molecule has 2 rings (SSSR count). The van der Waals surface area contributed by atoms with Crippen molar-refractivity contribution in [3.63, 3.8) is 0 Å². The summed E-state index contributed by atoms with van der Waals surface area (Å²) in [4.78, 5) is 4.81. The van der Waals surface area contributed by atoms with Gasteiger partial charge in [-0.15, -0.1) is 0 Å². The number of rotatable bonds is 15. The summed E-state index contributed by atoms with van der Waals surface area (Å²) in [7, 11) is 0. The molecule has 0 heterocycles. The van der Waals surface area contributed by atoms with Crippen LogP contribution in [0.15, 0.2) is 59.6 Å². The van der Waals surface area contributed by atoms with E-state index in [1.807, 2.05) is 36.5 Å². The zero-order chi connectivity index (χ0) is 22.4. The van der Waals surface area contributed by atoms with E-state index in [0.717, 1.165) is 5.56 Å². The Morgan fingerprint density at radius 2 is 1.35 bits per heavy atom. The van der Waals surface area contributed by atoms with Crippen LogP contribution >= 0.6 is 0 Å². The normalized spacial score (nSPS) is 13.0. The number of hydrogen-bond donors (Lipinski definition) is 1. The van der Waals surface area contributed by atoms with Crippen molar-refractivity contribution in [2.45, 2.75) is 83.1 Å². The van der Waals surface area contributed by atoms with Gasteiger partial charge in [-0.05, 0) is 0 Å². The van der Waals surface area contributed by atoms with Gasteiger partial charge in [-0.25, -0.2) is 0 Å². The van der Waals surface area contributed by atoms with Gasteiger partial charge in [0.25, 0.3) is 0 Å². The average Bonchev–Trinajstić information content (AvgIpc) is 2.82. The maximum atomic E-state index is 9.90. The van der Waals surface area contributed by atoms with Crippen molar-refractivity contribution >= 4 is 24.6 Å². The number of unbranched alkanes of at least 4 members (excludes halogenated alkanes) is 3. The summed E-state index contributed by atoms with van der Waals surface area (Å²) in [6.07, 6.45) is 10.2. The first kappa shape index (κ1) is 26.1. The molecule has 3 heteroatoms. The molecule has 2 nitrogen and oxygen atoms in total. The molecule has 0 aromatic heterocycles. The quantitative estimate of drug-likeness (QED) is 0.186. The van der Waals surface area contributed by atoms with Crippen molar-refractivity contribution in [2.24, 2.45) is 4.99 Å². The Bertz CT molecular complexity index is 737. The van der Waals surface area contributed by atoms with E-state index in [-0.39, 0.29) is 12.6 Å². The number of aliphatic hydroxyl groups excluding tert-OH is 1. The molecular weight excluding hydrogens is 485 g/mol. The van der Waals surface area contributed by atoms with Gasteiger partial charge < -0.3 is 0 Å². The predicted octanol–water partition coefficient (Wildman–Crippen LogP) is 7.77. The molecule has 0 radical (unpaired) electrons. The Hall–Kier alpha value is -1.13. The summed E-state index contributed by atoms with van der Waals surface area (Å²) < 4.78 is 5.92. The summed E-state index contributed by atoms with van der Waals surface area (Å²) in [5.74, 6) is 0. The molecule has 0 amide bonds. The van der Waals surface area contributed by atoms with Crippen molar-refractivity contribution in [1.29, 1.82) is 0 Å². The van der Waals surface area contributed by atoms with Crippen LogP contribution in [0.3, 0.4) is 0 Å². The van der Waals surface area contributed by atoms with Gasteiger partial charge in [0.05, 0.1) is 0 Å². The van der Waals surface area contributed by atoms with Gasteiger partial charge in [0.15, 0.2) is 0 Å². The molecule has 0 bridgehead atoms. The van der Waals surface area contributed by atoms with Crippen LogP contribution in [0.25, 0.3) is 0 Å². The van der Waals surface area contributed by atoms with Gasteiger partial charge >= 0.3 is 196 Å². The molecule has 31 heavy (non-hydrogen) atoms. The predicted molar refractivity (Wildman–Crippen MR) is 139 cm³/mol. The second kappa shape index (κ2) is 14.8. The van der Waals surface area contributed by atoms with Crippen molar-refractivity contribution in [1.82, 2.24) is 0 Å². The molecule has 2 aromatic carbocycles. The SMILES string of the molecule is CCC[CH2][Sn]([CH2]CCC)([CH2]CCC)[CH2]c1ccccc1C=N[C@H](CO)c1ccccc1. The van der Waals surface area contributed by atoms with Crippen LogP contribution in [0.2, 0.25) is 13.3 Å². The van der Waals surface area contributed by atoms with E-state index in [0.29, 0.717) is 0 Å². The minimum atomic E-state index is -2.27. The number of aliphatic hydroxyl groups is 1. The Kier molecular flexibility index (Phi) is 12.5. The van der Waals surface area contributed by atoms with Gasteiger partial charge in [0.2, 0.25) is 0 Å². The van der Waals surface area contributed by atoms with Gasteiger partial charge in [-0.1, -0.05) is 0 Å². The summed E-state index contributed by atoms with van der Waals surface area (Å²) in [6, 6.07) is 18.8. The Morgan fingerprint density at radius 3 is 1.90 bits per heavy atom. The molecular formula is C28H43NOSn. The molecule has 0 saturated carbocycles. The monoisotopic (exact) mass is 529 g/mol. The molecule has 0 saturated heterocycles. The Labute approximate surface area is 195 Å². The van der Waals surface area contributed by atoms with Crippen LogP contribution < -0.4 is 0 Å². The number of nitrogens with zero attached hydrogens (tertiary/aromatic N) is 1. The molecule has 0 aliphatic carbocycles. The topological polar surface area (TPSA) is 32.6 Å². The Balaban J connectivity index is 2.29. The van der Waals surface area contributed by atoms with Crippen LogP contribution in [0.5, 0.6) is 0 Å². The number of hydrogen-bond acceptors (Lipinski definition) is 2. The van der Waals surface area contributed by atoms with Crippen molar-refractivity contribution in [3.8, 4) is 0 Å². The van der Waals surface area contributed by atoms with Crippen LogP contribution in [0.4, 0.5) is 0 Å². The molecule has 0 aliphatic rings. The average molecular weight is 528 g/mol. The summed E-state index contributed by atoms with van der Waals surface area (Å²) in [6.45, 7) is 7.07. The zero-order valence-electron chi connectivity index (χ0n) is 20.0. The van der Waals surface area contributed by atoms with E-state index in [4.69, 9.17) is 4.99 Å². The summed E-state index contributed by atoms with van der Waals surface area (Å²) >= 11 is -2.27. The molecule has 0 aliphatic heterocycles. The van der Waals surface area contributed by atoms with Gasteiger partial charge in [0, 0.05) is 0 Å². The number of benzene rings is 2. The molecule has 1 atom stereocenters. The first-order valence-electron chi connectivity index (χ1n) is 12.4. The van der Waals surface area contributed by atoms with Crippen molar-refractivity contribution in [2.75, 3.05) is 6.61 Å². The van der Waals surface area contributed by atoms with E-state index in [9.17, 15) is 5.11 Å². The fourth-order valence-electron chi connectivity index (χ4n) is 4.60. The van der Waals surface area contributed by atoms with Crippen LogP contribution in [0.1, 0.15) is 82.0 Å². The third-order valence-corrected chi connectivity index (χ3v) is 21.9. The van der Waals surface area contributed by atoms with Crippen LogP contribution in [0, 0.1) is 0 Å². The van der Waals surface area contributed by atoms with E-state index in [1.54, 1.807) is 0 Å². The fraction of sp³-hybridized carbons (Fsp3) is 0.536. The third kappa shape index (κ3) is 8.73. The van der Waals surface area contributed by atoms with E-state index < -0.39 is 18.4 Å². The molecule has 170 valence electrons. The third-order valence-electron chi connectivity index (χ3n) is 6.55. The van der Waals surface area contributed by atoms with Gasteiger partial charge in [-0.3, -0.25) is 0 Å². The van der Waals surface area contributed by atoms with Crippen LogP contribution in [-0.4, -0.2) is 36.3 Å². The second-order valence-corrected chi connectivity index (χ2v) is 22.9.